The molecule has 0 bridgehead atoms. The number of hydrogen-bond donors (Lipinski definition) is 1. The first kappa shape index (κ1) is 14.5. The molecule has 1 saturated carbocycles. The average molecular weight is 241 g/mol. The van der Waals surface area contributed by atoms with Crippen LogP contribution in [-0.4, -0.2) is 35.1 Å². The van der Waals surface area contributed by atoms with Gasteiger partial charge in [0, 0.05) is 20.0 Å². The molecular weight excluding hydrogens is 214 g/mol. The van der Waals surface area contributed by atoms with Gasteiger partial charge < -0.3 is 10.0 Å². The number of amides is 1. The molecule has 0 aromatic heterocycles. The van der Waals surface area contributed by atoms with Crippen LogP contribution in [0.25, 0.3) is 0 Å². The Morgan fingerprint density at radius 2 is 1.76 bits per heavy atom. The van der Waals surface area contributed by atoms with Crippen LogP contribution in [0.15, 0.2) is 0 Å². The summed E-state index contributed by atoms with van der Waals surface area (Å²) in [5, 5.41) is 9.69. The average Bonchev–Trinajstić information content (AvgIpc) is 2.43. The molecule has 1 rings (SSSR count). The third-order valence-corrected chi connectivity index (χ3v) is 3.49. The number of rotatable bonds is 4. The molecule has 0 heterocycles. The van der Waals surface area contributed by atoms with Crippen molar-refractivity contribution < 1.29 is 9.90 Å². The Kier molecular flexibility index (Phi) is 5.44. The van der Waals surface area contributed by atoms with Gasteiger partial charge in [-0.3, -0.25) is 4.79 Å². The van der Waals surface area contributed by atoms with E-state index in [2.05, 4.69) is 0 Å². The fourth-order valence-corrected chi connectivity index (χ4v) is 2.64. The Balaban J connectivity index is 2.36. The van der Waals surface area contributed by atoms with E-state index in [4.69, 9.17) is 0 Å². The fraction of sp³-hybridized carbons (Fsp3) is 0.929. The normalized spacial score (nSPS) is 18.8. The molecule has 1 aliphatic rings. The number of likely N-dealkylation sites (N-methyl/N-ethyl adjacent to an activating group) is 1. The number of aliphatic hydroxyl groups is 1. The molecule has 0 saturated heterocycles. The number of carbonyl (C=O) groups excluding carboxylic acids is 1. The first-order valence-electron chi connectivity index (χ1n) is 6.85. The highest BCUT2D eigenvalue weighted by molar-refractivity contribution is 5.76. The maximum Gasteiger partial charge on any atom is 0.222 e. The van der Waals surface area contributed by atoms with E-state index < -0.39 is 5.60 Å². The zero-order valence-electron chi connectivity index (χ0n) is 11.5. The summed E-state index contributed by atoms with van der Waals surface area (Å²) in [7, 11) is 1.79. The van der Waals surface area contributed by atoms with Gasteiger partial charge in [0.1, 0.15) is 0 Å². The summed E-state index contributed by atoms with van der Waals surface area (Å²) in [6, 6.07) is 0. The lowest BCUT2D eigenvalue weighted by atomic mass is 9.96. The smallest absolute Gasteiger partial charge is 0.222 e. The minimum Gasteiger partial charge on any atom is -0.389 e. The molecule has 0 aliphatic heterocycles. The minimum absolute atomic E-state index is 0.180. The van der Waals surface area contributed by atoms with E-state index in [9.17, 15) is 9.90 Å². The lowest BCUT2D eigenvalue weighted by Crippen LogP contribution is -2.40. The largest absolute Gasteiger partial charge is 0.389 e. The summed E-state index contributed by atoms with van der Waals surface area (Å²) in [6.45, 7) is 3.89. The predicted octanol–water partition coefficient (Wildman–Crippen LogP) is 2.58. The van der Waals surface area contributed by atoms with Gasteiger partial charge in [0.05, 0.1) is 5.60 Å². The zero-order chi connectivity index (χ0) is 12.9. The van der Waals surface area contributed by atoms with Gasteiger partial charge >= 0.3 is 0 Å². The van der Waals surface area contributed by atoms with Crippen molar-refractivity contribution in [2.75, 3.05) is 13.6 Å². The number of nitrogens with zero attached hydrogens (tertiary/aromatic N) is 1. The Labute approximate surface area is 105 Å². The molecule has 100 valence electrons. The Bertz CT molecular complexity index is 237. The van der Waals surface area contributed by atoms with Gasteiger partial charge in [-0.05, 0) is 32.6 Å². The van der Waals surface area contributed by atoms with E-state index >= 15 is 0 Å². The molecule has 1 N–H and O–H groups in total. The van der Waals surface area contributed by atoms with Crippen LogP contribution in [0, 0.1) is 5.92 Å². The van der Waals surface area contributed by atoms with Crippen molar-refractivity contribution >= 4 is 5.91 Å². The Morgan fingerprint density at radius 3 is 2.24 bits per heavy atom. The molecule has 1 fully saturated rings. The SMILES string of the molecule is CN(CC(C)(C)O)C(=O)CC1CCCCCC1. The molecule has 0 aromatic rings. The van der Waals surface area contributed by atoms with Crippen LogP contribution < -0.4 is 0 Å². The van der Waals surface area contributed by atoms with Crippen molar-refractivity contribution in [3.63, 3.8) is 0 Å². The summed E-state index contributed by atoms with van der Waals surface area (Å²) in [6.07, 6.45) is 8.24. The van der Waals surface area contributed by atoms with Crippen LogP contribution in [-0.2, 0) is 4.79 Å². The zero-order valence-corrected chi connectivity index (χ0v) is 11.5. The molecule has 1 aliphatic carbocycles. The standard InChI is InChI=1S/C14H27NO2/c1-14(2,17)11-15(3)13(16)10-12-8-6-4-5-7-9-12/h12,17H,4-11H2,1-3H3. The van der Waals surface area contributed by atoms with Crippen LogP contribution >= 0.6 is 0 Å². The van der Waals surface area contributed by atoms with E-state index in [1.807, 2.05) is 0 Å². The molecule has 0 unspecified atom stereocenters. The first-order valence-corrected chi connectivity index (χ1v) is 6.85. The molecule has 3 heteroatoms. The summed E-state index contributed by atoms with van der Waals surface area (Å²) >= 11 is 0. The molecule has 0 aromatic carbocycles. The van der Waals surface area contributed by atoms with E-state index in [1.54, 1.807) is 25.8 Å². The van der Waals surface area contributed by atoms with Crippen LogP contribution in [0.4, 0.5) is 0 Å². The van der Waals surface area contributed by atoms with Crippen molar-refractivity contribution in [1.29, 1.82) is 0 Å². The third kappa shape index (κ3) is 6.06. The number of carbonyl (C=O) groups is 1. The Morgan fingerprint density at radius 1 is 1.24 bits per heavy atom. The summed E-state index contributed by atoms with van der Waals surface area (Å²) in [4.78, 5) is 13.7. The van der Waals surface area contributed by atoms with Gasteiger partial charge in [-0.1, -0.05) is 25.7 Å². The van der Waals surface area contributed by atoms with Gasteiger partial charge in [-0.15, -0.1) is 0 Å². The first-order chi connectivity index (χ1) is 7.88. The minimum atomic E-state index is -0.798. The van der Waals surface area contributed by atoms with Crippen molar-refractivity contribution in [2.24, 2.45) is 5.92 Å². The van der Waals surface area contributed by atoms with Gasteiger partial charge in [0.15, 0.2) is 0 Å². The lowest BCUT2D eigenvalue weighted by Gasteiger charge is -2.27. The quantitative estimate of drug-likeness (QED) is 0.769. The van der Waals surface area contributed by atoms with E-state index in [0.717, 1.165) is 0 Å². The summed E-state index contributed by atoms with van der Waals surface area (Å²) in [5.74, 6) is 0.744. The van der Waals surface area contributed by atoms with Crippen LogP contribution in [0.5, 0.6) is 0 Å². The summed E-state index contributed by atoms with van der Waals surface area (Å²) in [5.41, 5.74) is -0.798. The summed E-state index contributed by atoms with van der Waals surface area (Å²) < 4.78 is 0. The maximum absolute atomic E-state index is 12.0. The third-order valence-electron chi connectivity index (χ3n) is 3.49. The molecule has 17 heavy (non-hydrogen) atoms. The van der Waals surface area contributed by atoms with Gasteiger partial charge in [-0.25, -0.2) is 0 Å². The second kappa shape index (κ2) is 6.39. The van der Waals surface area contributed by atoms with Crippen molar-refractivity contribution in [2.45, 2.75) is 64.4 Å². The molecular formula is C14H27NO2. The molecule has 1 amide bonds. The van der Waals surface area contributed by atoms with Gasteiger partial charge in [0.25, 0.3) is 0 Å². The maximum atomic E-state index is 12.0. The van der Waals surface area contributed by atoms with E-state index in [-0.39, 0.29) is 5.91 Å². The monoisotopic (exact) mass is 241 g/mol. The van der Waals surface area contributed by atoms with Gasteiger partial charge in [0.2, 0.25) is 5.91 Å². The van der Waals surface area contributed by atoms with Gasteiger partial charge in [-0.2, -0.15) is 0 Å². The second-order valence-corrected chi connectivity index (χ2v) is 6.12. The van der Waals surface area contributed by atoms with E-state index in [0.29, 0.717) is 18.9 Å². The second-order valence-electron chi connectivity index (χ2n) is 6.12. The van der Waals surface area contributed by atoms with E-state index in [1.165, 1.54) is 38.5 Å². The van der Waals surface area contributed by atoms with Crippen molar-refractivity contribution in [3.8, 4) is 0 Å². The molecule has 0 radical (unpaired) electrons. The Hall–Kier alpha value is -0.570. The van der Waals surface area contributed by atoms with Crippen LogP contribution in [0.2, 0.25) is 0 Å². The predicted molar refractivity (Wildman–Crippen MR) is 69.7 cm³/mol. The van der Waals surface area contributed by atoms with Crippen molar-refractivity contribution in [3.05, 3.63) is 0 Å². The molecule has 3 nitrogen and oxygen atoms in total. The highest BCUT2D eigenvalue weighted by atomic mass is 16.3. The van der Waals surface area contributed by atoms with Crippen LogP contribution in [0.3, 0.4) is 0 Å². The lowest BCUT2D eigenvalue weighted by molar-refractivity contribution is -0.133. The molecule has 0 atom stereocenters. The topological polar surface area (TPSA) is 40.5 Å². The fourth-order valence-electron chi connectivity index (χ4n) is 2.64. The molecule has 0 spiro atoms. The highest BCUT2D eigenvalue weighted by Crippen LogP contribution is 2.26. The number of hydrogen-bond acceptors (Lipinski definition) is 2. The van der Waals surface area contributed by atoms with Crippen molar-refractivity contribution in [1.82, 2.24) is 4.90 Å². The highest BCUT2D eigenvalue weighted by Gasteiger charge is 2.22. The van der Waals surface area contributed by atoms with Crippen LogP contribution in [0.1, 0.15) is 58.8 Å².